The van der Waals surface area contributed by atoms with Crippen molar-refractivity contribution in [2.75, 3.05) is 13.2 Å². The summed E-state index contributed by atoms with van der Waals surface area (Å²) in [7, 11) is 0. The van der Waals surface area contributed by atoms with E-state index < -0.39 is 0 Å². The van der Waals surface area contributed by atoms with Crippen LogP contribution in [0.3, 0.4) is 0 Å². The van der Waals surface area contributed by atoms with Gasteiger partial charge in [-0.1, -0.05) is 18.2 Å². The maximum atomic E-state index is 12.1. The van der Waals surface area contributed by atoms with Crippen molar-refractivity contribution in [1.82, 2.24) is 16.0 Å². The first-order chi connectivity index (χ1) is 11.3. The van der Waals surface area contributed by atoms with E-state index in [0.717, 1.165) is 25.0 Å². The number of urea groups is 1. The van der Waals surface area contributed by atoms with Crippen LogP contribution in [0.4, 0.5) is 4.79 Å². The highest BCUT2D eigenvalue weighted by Gasteiger charge is 2.38. The van der Waals surface area contributed by atoms with Crippen LogP contribution in [0, 0.1) is 0 Å². The van der Waals surface area contributed by atoms with E-state index in [1.807, 2.05) is 30.3 Å². The maximum absolute atomic E-state index is 12.1. The highest BCUT2D eigenvalue weighted by Crippen LogP contribution is 2.28. The number of amides is 2. The Labute approximate surface area is 145 Å². The normalized spacial score (nSPS) is 19.5. The minimum absolute atomic E-state index is 0.0310. The molecule has 134 valence electrons. The van der Waals surface area contributed by atoms with Gasteiger partial charge in [0.05, 0.1) is 6.61 Å². The lowest BCUT2D eigenvalue weighted by molar-refractivity contribution is 0.147. The highest BCUT2D eigenvalue weighted by atomic mass is 16.5. The van der Waals surface area contributed by atoms with Gasteiger partial charge in [-0.3, -0.25) is 0 Å². The second-order valence-corrected chi connectivity index (χ2v) is 7.91. The Bertz CT molecular complexity index is 513. The summed E-state index contributed by atoms with van der Waals surface area (Å²) in [6.07, 6.45) is 2.65. The predicted octanol–water partition coefficient (Wildman–Crippen LogP) is 3.06. The molecule has 1 aromatic carbocycles. The SMILES string of the molecule is CC1(C)CC(NC(=O)NCCCOc2ccccc2)CC(C)(C)N1. The van der Waals surface area contributed by atoms with Crippen LogP contribution in [0.25, 0.3) is 0 Å². The number of rotatable bonds is 6. The maximum Gasteiger partial charge on any atom is 0.315 e. The third-order valence-corrected chi connectivity index (χ3v) is 4.14. The van der Waals surface area contributed by atoms with Crippen LogP contribution in [0.5, 0.6) is 5.75 Å². The zero-order valence-electron chi connectivity index (χ0n) is 15.3. The lowest BCUT2D eigenvalue weighted by atomic mass is 9.80. The summed E-state index contributed by atoms with van der Waals surface area (Å²) in [5.41, 5.74) is 0.0619. The minimum atomic E-state index is -0.0896. The minimum Gasteiger partial charge on any atom is -0.494 e. The fourth-order valence-corrected chi connectivity index (χ4v) is 3.64. The molecular weight excluding hydrogens is 302 g/mol. The van der Waals surface area contributed by atoms with Crippen molar-refractivity contribution >= 4 is 6.03 Å². The van der Waals surface area contributed by atoms with Gasteiger partial charge in [-0.15, -0.1) is 0 Å². The van der Waals surface area contributed by atoms with Crippen molar-refractivity contribution in [2.24, 2.45) is 0 Å². The Morgan fingerprint density at radius 2 is 1.79 bits per heavy atom. The molecule has 5 nitrogen and oxygen atoms in total. The second-order valence-electron chi connectivity index (χ2n) is 7.91. The molecule has 0 bridgehead atoms. The van der Waals surface area contributed by atoms with Gasteiger partial charge in [-0.2, -0.15) is 0 Å². The third-order valence-electron chi connectivity index (χ3n) is 4.14. The van der Waals surface area contributed by atoms with Crippen LogP contribution in [-0.4, -0.2) is 36.3 Å². The van der Waals surface area contributed by atoms with E-state index in [1.165, 1.54) is 0 Å². The summed E-state index contributed by atoms with van der Waals surface area (Å²) in [5.74, 6) is 0.862. The lowest BCUT2D eigenvalue weighted by Gasteiger charge is -2.46. The van der Waals surface area contributed by atoms with Crippen LogP contribution >= 0.6 is 0 Å². The standard InChI is InChI=1S/C19H31N3O2/c1-18(2)13-15(14-19(3,4)22-18)21-17(23)20-11-8-12-24-16-9-6-5-7-10-16/h5-7,9-10,15,22H,8,11-14H2,1-4H3,(H2,20,21,23). The predicted molar refractivity (Wildman–Crippen MR) is 97.4 cm³/mol. The van der Waals surface area contributed by atoms with Crippen LogP contribution in [0.15, 0.2) is 30.3 Å². The summed E-state index contributed by atoms with van der Waals surface area (Å²) in [5, 5.41) is 9.65. The van der Waals surface area contributed by atoms with Gasteiger partial charge >= 0.3 is 6.03 Å². The Morgan fingerprint density at radius 1 is 1.17 bits per heavy atom. The average molecular weight is 333 g/mol. The molecular formula is C19H31N3O2. The second kappa shape index (κ2) is 7.88. The molecule has 2 amide bonds. The first-order valence-electron chi connectivity index (χ1n) is 8.77. The van der Waals surface area contributed by atoms with Gasteiger partial charge in [0.25, 0.3) is 0 Å². The van der Waals surface area contributed by atoms with E-state index in [-0.39, 0.29) is 23.2 Å². The number of ether oxygens (including phenoxy) is 1. The smallest absolute Gasteiger partial charge is 0.315 e. The zero-order chi connectivity index (χ0) is 17.6. The Balaban J connectivity index is 1.64. The summed E-state index contributed by atoms with van der Waals surface area (Å²) in [6, 6.07) is 9.82. The molecule has 0 atom stereocenters. The molecule has 3 N–H and O–H groups in total. The van der Waals surface area contributed by atoms with Gasteiger partial charge in [0.1, 0.15) is 5.75 Å². The van der Waals surface area contributed by atoms with Crippen molar-refractivity contribution in [3.8, 4) is 5.75 Å². The lowest BCUT2D eigenvalue weighted by Crippen LogP contribution is -2.62. The first-order valence-corrected chi connectivity index (χ1v) is 8.77. The van der Waals surface area contributed by atoms with Crippen LogP contribution in [-0.2, 0) is 0 Å². The molecule has 0 unspecified atom stereocenters. The summed E-state index contributed by atoms with van der Waals surface area (Å²) >= 11 is 0. The number of carbonyl (C=O) groups is 1. The molecule has 0 spiro atoms. The molecule has 0 aliphatic carbocycles. The average Bonchev–Trinajstić information content (AvgIpc) is 2.44. The third kappa shape index (κ3) is 6.40. The first kappa shape index (κ1) is 18.6. The molecule has 1 aromatic rings. The van der Waals surface area contributed by atoms with Gasteiger partial charge < -0.3 is 20.7 Å². The van der Waals surface area contributed by atoms with Crippen LogP contribution in [0.2, 0.25) is 0 Å². The quantitative estimate of drug-likeness (QED) is 0.701. The van der Waals surface area contributed by atoms with E-state index in [9.17, 15) is 4.79 Å². The molecule has 0 aromatic heterocycles. The van der Waals surface area contributed by atoms with Crippen molar-refractivity contribution < 1.29 is 9.53 Å². The summed E-state index contributed by atoms with van der Waals surface area (Å²) in [4.78, 5) is 12.1. The highest BCUT2D eigenvalue weighted by molar-refractivity contribution is 5.74. The van der Waals surface area contributed by atoms with Gasteiger partial charge in [0, 0.05) is 23.7 Å². The number of hydrogen-bond acceptors (Lipinski definition) is 3. The largest absolute Gasteiger partial charge is 0.494 e. The monoisotopic (exact) mass is 333 g/mol. The zero-order valence-corrected chi connectivity index (χ0v) is 15.3. The van der Waals surface area contributed by atoms with E-state index in [2.05, 4.69) is 43.6 Å². The topological polar surface area (TPSA) is 62.4 Å². The molecule has 5 heteroatoms. The molecule has 24 heavy (non-hydrogen) atoms. The Morgan fingerprint density at radius 3 is 2.42 bits per heavy atom. The van der Waals surface area contributed by atoms with Gasteiger partial charge in [0.2, 0.25) is 0 Å². The van der Waals surface area contributed by atoms with Crippen molar-refractivity contribution in [3.63, 3.8) is 0 Å². The van der Waals surface area contributed by atoms with Crippen molar-refractivity contribution in [2.45, 2.75) is 64.1 Å². The Hall–Kier alpha value is -1.75. The fraction of sp³-hybridized carbons (Fsp3) is 0.632. The van der Waals surface area contributed by atoms with Gasteiger partial charge in [-0.25, -0.2) is 4.79 Å². The van der Waals surface area contributed by atoms with Crippen molar-refractivity contribution in [1.29, 1.82) is 0 Å². The molecule has 0 radical (unpaired) electrons. The van der Waals surface area contributed by atoms with E-state index in [4.69, 9.17) is 4.74 Å². The van der Waals surface area contributed by atoms with E-state index >= 15 is 0 Å². The summed E-state index contributed by atoms with van der Waals surface area (Å²) < 4.78 is 5.61. The number of piperidine rings is 1. The molecule has 2 rings (SSSR count). The molecule has 1 aliphatic rings. The number of benzene rings is 1. The Kier molecular flexibility index (Phi) is 6.10. The van der Waals surface area contributed by atoms with Gasteiger partial charge in [0.15, 0.2) is 0 Å². The van der Waals surface area contributed by atoms with Crippen molar-refractivity contribution in [3.05, 3.63) is 30.3 Å². The number of carbonyl (C=O) groups excluding carboxylic acids is 1. The molecule has 1 aliphatic heterocycles. The number of para-hydroxylation sites is 1. The van der Waals surface area contributed by atoms with Crippen LogP contribution < -0.4 is 20.7 Å². The molecule has 1 saturated heterocycles. The fourth-order valence-electron chi connectivity index (χ4n) is 3.64. The number of nitrogens with one attached hydrogen (secondary N) is 3. The van der Waals surface area contributed by atoms with Crippen LogP contribution in [0.1, 0.15) is 47.0 Å². The van der Waals surface area contributed by atoms with Gasteiger partial charge in [-0.05, 0) is 59.1 Å². The summed E-state index contributed by atoms with van der Waals surface area (Å²) in [6.45, 7) is 9.93. The molecule has 0 saturated carbocycles. The van der Waals surface area contributed by atoms with E-state index in [1.54, 1.807) is 0 Å². The molecule has 1 fully saturated rings. The number of hydrogen-bond donors (Lipinski definition) is 3. The molecule has 1 heterocycles. The van der Waals surface area contributed by atoms with E-state index in [0.29, 0.717) is 13.2 Å².